The fourth-order valence-electron chi connectivity index (χ4n) is 1.91. The minimum Gasteiger partial charge on any atom is -0.423 e. The van der Waals surface area contributed by atoms with Gasteiger partial charge >= 0.3 is 0 Å². The molecule has 102 valence electrons. The largest absolute Gasteiger partial charge is 0.423 e. The summed E-state index contributed by atoms with van der Waals surface area (Å²) in [6, 6.07) is 8.05. The zero-order valence-corrected chi connectivity index (χ0v) is 11.9. The van der Waals surface area contributed by atoms with Crippen LogP contribution in [0, 0.1) is 12.7 Å². The van der Waals surface area contributed by atoms with E-state index in [9.17, 15) is 4.39 Å². The highest BCUT2D eigenvalue weighted by atomic mass is 35.5. The number of hydrogen-bond donors (Lipinski definition) is 1. The van der Waals surface area contributed by atoms with Crippen LogP contribution in [0.5, 0.6) is 0 Å². The van der Waals surface area contributed by atoms with Gasteiger partial charge in [0.15, 0.2) is 5.58 Å². The molecular weight excluding hydrogens is 302 g/mol. The highest BCUT2D eigenvalue weighted by Crippen LogP contribution is 2.30. The van der Waals surface area contributed by atoms with Crippen LogP contribution in [-0.4, -0.2) is 4.98 Å². The lowest BCUT2D eigenvalue weighted by atomic mass is 10.2. The van der Waals surface area contributed by atoms with Crippen LogP contribution in [-0.2, 0) is 0 Å². The van der Waals surface area contributed by atoms with Crippen molar-refractivity contribution in [2.24, 2.45) is 0 Å². The summed E-state index contributed by atoms with van der Waals surface area (Å²) in [5.41, 5.74) is 2.45. The fourth-order valence-corrected chi connectivity index (χ4v) is 2.22. The van der Waals surface area contributed by atoms with Crippen molar-refractivity contribution in [3.05, 3.63) is 51.8 Å². The van der Waals surface area contributed by atoms with E-state index in [1.54, 1.807) is 25.1 Å². The molecule has 2 aromatic carbocycles. The molecule has 0 aliphatic carbocycles. The van der Waals surface area contributed by atoms with Crippen molar-refractivity contribution in [2.45, 2.75) is 6.92 Å². The summed E-state index contributed by atoms with van der Waals surface area (Å²) in [7, 11) is 0. The molecule has 3 nitrogen and oxygen atoms in total. The van der Waals surface area contributed by atoms with Crippen molar-refractivity contribution >= 4 is 46.0 Å². The molecule has 0 spiro atoms. The minimum absolute atomic E-state index is 0.253. The third-order valence-electron chi connectivity index (χ3n) is 2.72. The first-order chi connectivity index (χ1) is 9.51. The Balaban J connectivity index is 1.98. The lowest BCUT2D eigenvalue weighted by Gasteiger charge is -2.02. The number of halogens is 3. The van der Waals surface area contributed by atoms with Crippen LogP contribution in [0.25, 0.3) is 11.1 Å². The summed E-state index contributed by atoms with van der Waals surface area (Å²) in [5.74, 6) is -0.324. The number of nitrogens with one attached hydrogen (secondary N) is 1. The van der Waals surface area contributed by atoms with Crippen molar-refractivity contribution in [2.75, 3.05) is 5.32 Å². The molecule has 0 bridgehead atoms. The van der Waals surface area contributed by atoms with Gasteiger partial charge in [-0.15, -0.1) is 0 Å². The molecule has 0 unspecified atom stereocenters. The second-order valence-corrected chi connectivity index (χ2v) is 5.21. The van der Waals surface area contributed by atoms with Crippen LogP contribution in [0.2, 0.25) is 10.0 Å². The second kappa shape index (κ2) is 4.96. The molecule has 1 aromatic heterocycles. The normalized spacial score (nSPS) is 11.0. The number of fused-ring (bicyclic) bond motifs is 1. The van der Waals surface area contributed by atoms with E-state index in [1.165, 1.54) is 12.1 Å². The molecule has 0 radical (unpaired) electrons. The Hall–Kier alpha value is -1.78. The van der Waals surface area contributed by atoms with Crippen molar-refractivity contribution in [1.82, 2.24) is 4.98 Å². The second-order valence-electron chi connectivity index (χ2n) is 4.40. The van der Waals surface area contributed by atoms with Crippen molar-refractivity contribution < 1.29 is 8.81 Å². The maximum absolute atomic E-state index is 13.3. The van der Waals surface area contributed by atoms with Crippen LogP contribution < -0.4 is 5.32 Å². The average Bonchev–Trinajstić information content (AvgIpc) is 2.69. The van der Waals surface area contributed by atoms with Gasteiger partial charge in [0.1, 0.15) is 11.3 Å². The first-order valence-corrected chi connectivity index (χ1v) is 6.57. The van der Waals surface area contributed by atoms with Gasteiger partial charge in [-0.2, -0.15) is 4.98 Å². The molecule has 0 fully saturated rings. The van der Waals surface area contributed by atoms with Gasteiger partial charge in [0.2, 0.25) is 0 Å². The lowest BCUT2D eigenvalue weighted by Crippen LogP contribution is -1.91. The van der Waals surface area contributed by atoms with Gasteiger partial charge in [0.25, 0.3) is 6.01 Å². The zero-order valence-electron chi connectivity index (χ0n) is 10.4. The molecule has 6 heteroatoms. The summed E-state index contributed by atoms with van der Waals surface area (Å²) in [5, 5.41) is 3.71. The maximum Gasteiger partial charge on any atom is 0.300 e. The van der Waals surface area contributed by atoms with Gasteiger partial charge in [0, 0.05) is 11.8 Å². The summed E-state index contributed by atoms with van der Waals surface area (Å²) in [6.07, 6.45) is 0. The third-order valence-corrected chi connectivity index (χ3v) is 3.45. The molecule has 0 aliphatic heterocycles. The smallest absolute Gasteiger partial charge is 0.300 e. The number of benzene rings is 2. The van der Waals surface area contributed by atoms with E-state index in [0.29, 0.717) is 26.8 Å². The number of hydrogen-bond acceptors (Lipinski definition) is 3. The molecule has 0 saturated carbocycles. The van der Waals surface area contributed by atoms with Gasteiger partial charge in [-0.3, -0.25) is 0 Å². The quantitative estimate of drug-likeness (QED) is 0.695. The number of aryl methyl sites for hydroxylation is 1. The van der Waals surface area contributed by atoms with Gasteiger partial charge < -0.3 is 9.73 Å². The van der Waals surface area contributed by atoms with Crippen LogP contribution in [0.3, 0.4) is 0 Å². The predicted molar refractivity (Wildman–Crippen MR) is 78.4 cm³/mol. The summed E-state index contributed by atoms with van der Waals surface area (Å²) in [4.78, 5) is 4.23. The average molecular weight is 311 g/mol. The highest BCUT2D eigenvalue weighted by molar-refractivity contribution is 6.42. The van der Waals surface area contributed by atoms with Crippen molar-refractivity contribution in [3.8, 4) is 0 Å². The number of oxazole rings is 1. The molecule has 0 aliphatic rings. The standard InChI is InChI=1S/C14H9Cl2FN2O/c1-7-2-8(17)4-9(3-7)18-14-19-12-5-10(15)11(16)6-13(12)20-14/h2-6H,1H3,(H,18,19). The topological polar surface area (TPSA) is 38.1 Å². The Labute approximate surface area is 124 Å². The number of anilines is 2. The molecule has 0 amide bonds. The summed E-state index contributed by atoms with van der Waals surface area (Å²) in [6.45, 7) is 1.81. The van der Waals surface area contributed by atoms with E-state index in [4.69, 9.17) is 27.6 Å². The first kappa shape index (κ1) is 13.2. The maximum atomic E-state index is 13.3. The van der Waals surface area contributed by atoms with E-state index >= 15 is 0 Å². The van der Waals surface area contributed by atoms with Crippen molar-refractivity contribution in [3.63, 3.8) is 0 Å². The Morgan fingerprint density at radius 2 is 1.85 bits per heavy atom. The molecular formula is C14H9Cl2FN2O. The summed E-state index contributed by atoms with van der Waals surface area (Å²) >= 11 is 11.8. The molecule has 1 N–H and O–H groups in total. The predicted octanol–water partition coefficient (Wildman–Crippen LogP) is 5.33. The molecule has 1 heterocycles. The molecule has 20 heavy (non-hydrogen) atoms. The Morgan fingerprint density at radius 1 is 1.10 bits per heavy atom. The van der Waals surface area contributed by atoms with Crippen LogP contribution in [0.15, 0.2) is 34.7 Å². The SMILES string of the molecule is Cc1cc(F)cc(Nc2nc3cc(Cl)c(Cl)cc3o2)c1. The minimum atomic E-state index is -0.324. The Kier molecular flexibility index (Phi) is 3.28. The van der Waals surface area contributed by atoms with E-state index in [-0.39, 0.29) is 11.8 Å². The van der Waals surface area contributed by atoms with E-state index in [1.807, 2.05) is 0 Å². The van der Waals surface area contributed by atoms with Gasteiger partial charge in [-0.05, 0) is 36.8 Å². The summed E-state index contributed by atoms with van der Waals surface area (Å²) < 4.78 is 18.8. The number of aromatic nitrogens is 1. The van der Waals surface area contributed by atoms with Gasteiger partial charge in [-0.25, -0.2) is 4.39 Å². The molecule has 3 aromatic rings. The highest BCUT2D eigenvalue weighted by Gasteiger charge is 2.09. The zero-order chi connectivity index (χ0) is 14.3. The molecule has 0 atom stereocenters. The van der Waals surface area contributed by atoms with Crippen LogP contribution in [0.1, 0.15) is 5.56 Å². The third kappa shape index (κ3) is 2.57. The number of rotatable bonds is 2. The van der Waals surface area contributed by atoms with E-state index in [0.717, 1.165) is 5.56 Å². The lowest BCUT2D eigenvalue weighted by molar-refractivity contribution is 0.619. The number of nitrogens with zero attached hydrogens (tertiary/aromatic N) is 1. The molecule has 3 rings (SSSR count). The van der Waals surface area contributed by atoms with Gasteiger partial charge in [-0.1, -0.05) is 23.2 Å². The Morgan fingerprint density at radius 3 is 2.60 bits per heavy atom. The van der Waals surface area contributed by atoms with Gasteiger partial charge in [0.05, 0.1) is 10.0 Å². The monoisotopic (exact) mass is 310 g/mol. The van der Waals surface area contributed by atoms with Crippen LogP contribution >= 0.6 is 23.2 Å². The van der Waals surface area contributed by atoms with E-state index in [2.05, 4.69) is 10.3 Å². The fraction of sp³-hybridized carbons (Fsp3) is 0.0714. The first-order valence-electron chi connectivity index (χ1n) is 5.81. The Bertz CT molecular complexity index is 742. The van der Waals surface area contributed by atoms with Crippen molar-refractivity contribution in [1.29, 1.82) is 0 Å². The van der Waals surface area contributed by atoms with Crippen LogP contribution in [0.4, 0.5) is 16.1 Å². The molecule has 0 saturated heterocycles. The van der Waals surface area contributed by atoms with E-state index < -0.39 is 0 Å².